The maximum absolute atomic E-state index is 10.8. The molecule has 114 valence electrons. The van der Waals surface area contributed by atoms with Crippen molar-refractivity contribution in [3.05, 3.63) is 39.9 Å². The van der Waals surface area contributed by atoms with Crippen LogP contribution in [0.4, 0.5) is 5.69 Å². The quantitative estimate of drug-likeness (QED) is 0.597. The number of piperidine rings is 1. The van der Waals surface area contributed by atoms with Crippen LogP contribution in [0.25, 0.3) is 0 Å². The SMILES string of the molecule is O=[N+]([O-])c1cccc(C[NH+]2CCC([NH+]3CCCC3)CC2)c1. The molecule has 2 aliphatic rings. The fraction of sp³-hybridized carbons (Fsp3) is 0.625. The van der Waals surface area contributed by atoms with Crippen molar-refractivity contribution in [1.82, 2.24) is 0 Å². The van der Waals surface area contributed by atoms with Gasteiger partial charge in [-0.15, -0.1) is 0 Å². The van der Waals surface area contributed by atoms with Crippen molar-refractivity contribution >= 4 is 5.69 Å². The zero-order chi connectivity index (χ0) is 14.7. The summed E-state index contributed by atoms with van der Waals surface area (Å²) in [7, 11) is 0. The van der Waals surface area contributed by atoms with Gasteiger partial charge in [0, 0.05) is 43.4 Å². The molecule has 2 aliphatic heterocycles. The molecule has 5 nitrogen and oxygen atoms in total. The molecule has 0 amide bonds. The third-order valence-corrected chi connectivity index (χ3v) is 5.09. The van der Waals surface area contributed by atoms with Crippen molar-refractivity contribution in [2.75, 3.05) is 26.2 Å². The van der Waals surface area contributed by atoms with Crippen LogP contribution in [-0.4, -0.2) is 37.1 Å². The van der Waals surface area contributed by atoms with E-state index in [4.69, 9.17) is 0 Å². The van der Waals surface area contributed by atoms with Crippen LogP contribution >= 0.6 is 0 Å². The Morgan fingerprint density at radius 3 is 2.52 bits per heavy atom. The Labute approximate surface area is 125 Å². The zero-order valence-electron chi connectivity index (χ0n) is 12.5. The van der Waals surface area contributed by atoms with Gasteiger partial charge in [0.05, 0.1) is 37.1 Å². The summed E-state index contributed by atoms with van der Waals surface area (Å²) in [4.78, 5) is 13.9. The van der Waals surface area contributed by atoms with E-state index in [9.17, 15) is 10.1 Å². The van der Waals surface area contributed by atoms with E-state index in [-0.39, 0.29) is 10.6 Å². The van der Waals surface area contributed by atoms with E-state index in [2.05, 4.69) is 0 Å². The van der Waals surface area contributed by atoms with Crippen molar-refractivity contribution in [3.63, 3.8) is 0 Å². The molecule has 3 rings (SSSR count). The van der Waals surface area contributed by atoms with Gasteiger partial charge in [0.25, 0.3) is 5.69 Å². The molecule has 0 unspecified atom stereocenters. The number of rotatable bonds is 4. The number of nitrogens with one attached hydrogen (secondary N) is 2. The molecule has 2 heterocycles. The van der Waals surface area contributed by atoms with E-state index in [1.807, 2.05) is 11.0 Å². The van der Waals surface area contributed by atoms with Gasteiger partial charge in [0.1, 0.15) is 6.54 Å². The first-order valence-electron chi connectivity index (χ1n) is 8.14. The fourth-order valence-corrected chi connectivity index (χ4v) is 3.92. The number of likely N-dealkylation sites (tertiary alicyclic amines) is 2. The van der Waals surface area contributed by atoms with E-state index in [1.54, 1.807) is 23.1 Å². The Bertz CT molecular complexity index is 492. The number of hydrogen-bond acceptors (Lipinski definition) is 2. The summed E-state index contributed by atoms with van der Waals surface area (Å²) < 4.78 is 0. The molecule has 0 atom stereocenters. The largest absolute Gasteiger partial charge is 0.332 e. The highest BCUT2D eigenvalue weighted by molar-refractivity contribution is 5.33. The van der Waals surface area contributed by atoms with Crippen molar-refractivity contribution in [2.24, 2.45) is 0 Å². The van der Waals surface area contributed by atoms with E-state index < -0.39 is 0 Å². The second-order valence-electron chi connectivity index (χ2n) is 6.49. The zero-order valence-corrected chi connectivity index (χ0v) is 12.5. The minimum atomic E-state index is -0.304. The number of quaternary nitrogens is 2. The Morgan fingerprint density at radius 2 is 1.86 bits per heavy atom. The van der Waals surface area contributed by atoms with Gasteiger partial charge in [0.2, 0.25) is 0 Å². The number of benzene rings is 1. The van der Waals surface area contributed by atoms with Gasteiger partial charge in [0.15, 0.2) is 0 Å². The fourth-order valence-electron chi connectivity index (χ4n) is 3.92. The first-order valence-corrected chi connectivity index (χ1v) is 8.14. The second kappa shape index (κ2) is 6.54. The van der Waals surface area contributed by atoms with Crippen molar-refractivity contribution in [3.8, 4) is 0 Å². The van der Waals surface area contributed by atoms with Crippen molar-refractivity contribution in [1.29, 1.82) is 0 Å². The molecular weight excluding hydrogens is 266 g/mol. The molecule has 0 aliphatic carbocycles. The summed E-state index contributed by atoms with van der Waals surface area (Å²) in [5, 5.41) is 10.8. The third kappa shape index (κ3) is 3.60. The van der Waals surface area contributed by atoms with E-state index in [0.29, 0.717) is 0 Å². The highest BCUT2D eigenvalue weighted by Crippen LogP contribution is 2.12. The molecule has 0 spiro atoms. The average molecular weight is 291 g/mol. The standard InChI is InChI=1S/C16H23N3O2/c20-19(21)16-5-3-4-14(12-16)13-17-10-6-15(7-11-17)18-8-1-2-9-18/h3-5,12,15H,1-2,6-11,13H2/p+2. The van der Waals surface area contributed by atoms with E-state index in [0.717, 1.165) is 18.2 Å². The van der Waals surface area contributed by atoms with Gasteiger partial charge in [-0.05, 0) is 0 Å². The first-order chi connectivity index (χ1) is 10.2. The number of nitro groups is 1. The summed E-state index contributed by atoms with van der Waals surface area (Å²) in [6, 6.07) is 7.97. The van der Waals surface area contributed by atoms with Gasteiger partial charge in [-0.1, -0.05) is 12.1 Å². The van der Waals surface area contributed by atoms with Crippen LogP contribution in [0.5, 0.6) is 0 Å². The van der Waals surface area contributed by atoms with Gasteiger partial charge in [-0.3, -0.25) is 10.1 Å². The Kier molecular flexibility index (Phi) is 4.51. The summed E-state index contributed by atoms with van der Waals surface area (Å²) in [6.07, 6.45) is 5.41. The highest BCUT2D eigenvalue weighted by atomic mass is 16.6. The molecule has 1 aromatic carbocycles. The van der Waals surface area contributed by atoms with Crippen LogP contribution in [0.1, 0.15) is 31.2 Å². The minimum Gasteiger partial charge on any atom is -0.332 e. The monoisotopic (exact) mass is 291 g/mol. The predicted octanol–water partition coefficient (Wildman–Crippen LogP) is -0.179. The molecule has 0 radical (unpaired) electrons. The number of non-ortho nitro benzene ring substituents is 1. The summed E-state index contributed by atoms with van der Waals surface area (Å²) in [5.41, 5.74) is 1.30. The maximum atomic E-state index is 10.8. The van der Waals surface area contributed by atoms with Gasteiger partial charge in [-0.25, -0.2) is 0 Å². The van der Waals surface area contributed by atoms with Gasteiger partial charge < -0.3 is 9.80 Å². The van der Waals surface area contributed by atoms with E-state index in [1.165, 1.54) is 51.9 Å². The molecule has 2 fully saturated rings. The van der Waals surface area contributed by atoms with Crippen LogP contribution in [0.3, 0.4) is 0 Å². The molecule has 2 N–H and O–H groups in total. The molecule has 2 saturated heterocycles. The first kappa shape index (κ1) is 14.5. The lowest BCUT2D eigenvalue weighted by Gasteiger charge is -2.32. The Hall–Kier alpha value is -1.46. The average Bonchev–Trinajstić information content (AvgIpc) is 3.02. The predicted molar refractivity (Wildman–Crippen MR) is 80.4 cm³/mol. The molecule has 0 bridgehead atoms. The molecule has 1 aromatic rings. The molecule has 21 heavy (non-hydrogen) atoms. The normalized spacial score (nSPS) is 26.9. The maximum Gasteiger partial charge on any atom is 0.269 e. The van der Waals surface area contributed by atoms with Gasteiger partial charge in [-0.2, -0.15) is 0 Å². The molecular formula is C16H25N3O2+2. The highest BCUT2D eigenvalue weighted by Gasteiger charge is 2.31. The second-order valence-corrected chi connectivity index (χ2v) is 6.49. The smallest absolute Gasteiger partial charge is 0.269 e. The number of nitrogens with zero attached hydrogens (tertiary/aromatic N) is 1. The van der Waals surface area contributed by atoms with Crippen molar-refractivity contribution < 1.29 is 14.7 Å². The Balaban J connectivity index is 1.53. The van der Waals surface area contributed by atoms with E-state index >= 15 is 0 Å². The summed E-state index contributed by atoms with van der Waals surface area (Å²) in [6.45, 7) is 6.06. The molecule has 0 saturated carbocycles. The number of nitro benzene ring substituents is 1. The van der Waals surface area contributed by atoms with Crippen LogP contribution in [0, 0.1) is 10.1 Å². The van der Waals surface area contributed by atoms with Crippen LogP contribution in [-0.2, 0) is 6.54 Å². The van der Waals surface area contributed by atoms with Gasteiger partial charge >= 0.3 is 0 Å². The summed E-state index contributed by atoms with van der Waals surface area (Å²) in [5.74, 6) is 0. The van der Waals surface area contributed by atoms with Crippen molar-refractivity contribution in [2.45, 2.75) is 38.3 Å². The summed E-state index contributed by atoms with van der Waals surface area (Å²) >= 11 is 0. The Morgan fingerprint density at radius 1 is 1.14 bits per heavy atom. The topological polar surface area (TPSA) is 52.0 Å². The lowest BCUT2D eigenvalue weighted by atomic mass is 10.0. The molecule has 0 aromatic heterocycles. The lowest BCUT2D eigenvalue weighted by Crippen LogP contribution is -3.19. The van der Waals surface area contributed by atoms with Crippen LogP contribution in [0.2, 0.25) is 0 Å². The van der Waals surface area contributed by atoms with Crippen LogP contribution in [0.15, 0.2) is 24.3 Å². The number of hydrogen-bond donors (Lipinski definition) is 2. The minimum absolute atomic E-state index is 0.211. The van der Waals surface area contributed by atoms with Crippen LogP contribution < -0.4 is 9.80 Å². The molecule has 5 heteroatoms. The lowest BCUT2D eigenvalue weighted by molar-refractivity contribution is -0.957. The third-order valence-electron chi connectivity index (χ3n) is 5.09.